The molecule has 0 aliphatic carbocycles. The number of hydrogen-bond acceptors (Lipinski definition) is 8. The maximum absolute atomic E-state index is 13.1. The Balaban J connectivity index is 1.47. The molecule has 5 rings (SSSR count). The molecule has 0 saturated heterocycles. The maximum Gasteiger partial charge on any atom is 0.412 e. The Morgan fingerprint density at radius 1 is 1.00 bits per heavy atom. The van der Waals surface area contributed by atoms with Crippen LogP contribution in [0.5, 0.6) is 5.75 Å². The molecule has 11 nitrogen and oxygen atoms in total. The van der Waals surface area contributed by atoms with Crippen molar-refractivity contribution in [1.82, 2.24) is 30.0 Å². The monoisotopic (exact) mass is 523 g/mol. The van der Waals surface area contributed by atoms with Gasteiger partial charge in [-0.15, -0.1) is 0 Å². The summed E-state index contributed by atoms with van der Waals surface area (Å²) < 4.78 is 10.8. The van der Waals surface area contributed by atoms with Gasteiger partial charge in [0.25, 0.3) is 5.91 Å². The average Bonchev–Trinajstić information content (AvgIpc) is 3.39. The number of aromatic nitrogens is 5. The van der Waals surface area contributed by atoms with Gasteiger partial charge in [0.2, 0.25) is 0 Å². The summed E-state index contributed by atoms with van der Waals surface area (Å²) in [6, 6.07) is 14.7. The van der Waals surface area contributed by atoms with Crippen LogP contribution in [0.4, 0.5) is 10.5 Å². The molecule has 3 heterocycles. The lowest BCUT2D eigenvalue weighted by Crippen LogP contribution is -2.24. The van der Waals surface area contributed by atoms with E-state index in [1.807, 2.05) is 30.3 Å². The van der Waals surface area contributed by atoms with E-state index in [4.69, 9.17) is 9.47 Å². The number of aromatic amines is 1. The van der Waals surface area contributed by atoms with Gasteiger partial charge in [0.1, 0.15) is 18.1 Å². The molecule has 2 amide bonds. The predicted molar refractivity (Wildman–Crippen MR) is 145 cm³/mol. The highest BCUT2D eigenvalue weighted by atomic mass is 16.5. The summed E-state index contributed by atoms with van der Waals surface area (Å²) in [6.07, 6.45) is 5.53. The lowest BCUT2D eigenvalue weighted by atomic mass is 10.0. The van der Waals surface area contributed by atoms with Gasteiger partial charge in [0.15, 0.2) is 5.65 Å². The second-order valence-corrected chi connectivity index (χ2v) is 8.75. The van der Waals surface area contributed by atoms with Crippen molar-refractivity contribution >= 4 is 28.7 Å². The zero-order chi connectivity index (χ0) is 27.4. The molecule has 0 unspecified atom stereocenters. The van der Waals surface area contributed by atoms with Crippen LogP contribution in [-0.4, -0.2) is 63.3 Å². The van der Waals surface area contributed by atoms with Crippen molar-refractivity contribution in [3.8, 4) is 28.1 Å². The summed E-state index contributed by atoms with van der Waals surface area (Å²) in [7, 11) is 4.90. The van der Waals surface area contributed by atoms with Crippen LogP contribution in [-0.2, 0) is 11.3 Å². The molecule has 0 atom stereocenters. The van der Waals surface area contributed by atoms with Gasteiger partial charge in [-0.3, -0.25) is 25.2 Å². The molecular weight excluding hydrogens is 498 g/mol. The molecule has 0 aliphatic rings. The summed E-state index contributed by atoms with van der Waals surface area (Å²) in [5, 5.41) is 10.9. The van der Waals surface area contributed by atoms with Crippen LogP contribution in [0.3, 0.4) is 0 Å². The van der Waals surface area contributed by atoms with Crippen LogP contribution in [0.25, 0.3) is 33.4 Å². The van der Waals surface area contributed by atoms with E-state index < -0.39 is 6.09 Å². The third-order valence-electron chi connectivity index (χ3n) is 5.97. The highest BCUT2D eigenvalue weighted by Crippen LogP contribution is 2.35. The molecule has 5 aromatic rings. The first kappa shape index (κ1) is 25.3. The molecule has 2 aromatic carbocycles. The van der Waals surface area contributed by atoms with Crippen LogP contribution in [0.15, 0.2) is 73.3 Å². The van der Waals surface area contributed by atoms with Crippen molar-refractivity contribution in [2.24, 2.45) is 0 Å². The van der Waals surface area contributed by atoms with E-state index in [-0.39, 0.29) is 12.5 Å². The Kier molecular flexibility index (Phi) is 7.13. The molecule has 0 fully saturated rings. The number of carbonyl (C=O) groups is 2. The number of benzene rings is 2. The number of ether oxygens (including phenoxy) is 2. The van der Waals surface area contributed by atoms with E-state index in [2.05, 4.69) is 30.5 Å². The minimum Gasteiger partial charge on any atom is -0.496 e. The van der Waals surface area contributed by atoms with E-state index in [9.17, 15) is 9.59 Å². The van der Waals surface area contributed by atoms with Gasteiger partial charge in [-0.2, -0.15) is 5.10 Å². The Bertz CT molecular complexity index is 1650. The third kappa shape index (κ3) is 5.37. The van der Waals surface area contributed by atoms with Gasteiger partial charge in [0, 0.05) is 49.2 Å². The molecule has 3 aromatic heterocycles. The number of para-hydroxylation sites is 1. The fourth-order valence-electron chi connectivity index (χ4n) is 4.05. The Labute approximate surface area is 223 Å². The molecule has 39 heavy (non-hydrogen) atoms. The van der Waals surface area contributed by atoms with Crippen molar-refractivity contribution < 1.29 is 19.1 Å². The van der Waals surface area contributed by atoms with Gasteiger partial charge in [-0.05, 0) is 35.9 Å². The predicted octanol–water partition coefficient (Wildman–Crippen LogP) is 4.54. The summed E-state index contributed by atoms with van der Waals surface area (Å²) in [4.78, 5) is 39.5. The Morgan fingerprint density at radius 2 is 1.85 bits per heavy atom. The molecule has 196 valence electrons. The number of hydrogen-bond donors (Lipinski definition) is 2. The van der Waals surface area contributed by atoms with Crippen molar-refractivity contribution in [1.29, 1.82) is 0 Å². The van der Waals surface area contributed by atoms with Crippen LogP contribution in [0.1, 0.15) is 16.1 Å². The van der Waals surface area contributed by atoms with E-state index in [0.717, 1.165) is 22.1 Å². The number of nitrogens with zero attached hydrogens (tertiary/aromatic N) is 5. The average molecular weight is 524 g/mol. The standard InChI is InChI=1S/C28H25N7O4/c1-35(2)27(36)21-12-17(8-9-23(21)32-28(37)39-16-19-15-29-10-11-30-19)18-13-22-25(33-34-26(22)31-14-18)20-6-4-5-7-24(20)38-3/h4-15H,16H2,1-3H3,(H,32,37)(H,31,33,34). The highest BCUT2D eigenvalue weighted by molar-refractivity contribution is 6.04. The fraction of sp³-hybridized carbons (Fsp3) is 0.143. The third-order valence-corrected chi connectivity index (χ3v) is 5.97. The topological polar surface area (TPSA) is 135 Å². The van der Waals surface area contributed by atoms with Crippen molar-refractivity contribution in [3.63, 3.8) is 0 Å². The lowest BCUT2D eigenvalue weighted by molar-refractivity contribution is 0.0828. The smallest absolute Gasteiger partial charge is 0.412 e. The second-order valence-electron chi connectivity index (χ2n) is 8.75. The number of rotatable bonds is 7. The normalized spacial score (nSPS) is 10.7. The van der Waals surface area contributed by atoms with Gasteiger partial charge in [-0.1, -0.05) is 18.2 Å². The van der Waals surface area contributed by atoms with Crippen LogP contribution in [0.2, 0.25) is 0 Å². The minimum atomic E-state index is -0.718. The second kappa shape index (κ2) is 11.0. The van der Waals surface area contributed by atoms with Gasteiger partial charge in [0.05, 0.1) is 30.3 Å². The van der Waals surface area contributed by atoms with Gasteiger partial charge < -0.3 is 14.4 Å². The summed E-state index contributed by atoms with van der Waals surface area (Å²) in [5.74, 6) is 0.407. The number of methoxy groups -OCH3 is 1. The first-order valence-corrected chi connectivity index (χ1v) is 12.0. The molecule has 0 saturated carbocycles. The first-order chi connectivity index (χ1) is 18.9. The summed E-state index contributed by atoms with van der Waals surface area (Å²) >= 11 is 0. The minimum absolute atomic E-state index is 0.0559. The molecule has 0 radical (unpaired) electrons. The Hall–Kier alpha value is -5.32. The quantitative estimate of drug-likeness (QED) is 0.317. The number of nitrogens with one attached hydrogen (secondary N) is 2. The number of carbonyl (C=O) groups excluding carboxylic acids is 2. The van der Waals surface area contributed by atoms with E-state index >= 15 is 0 Å². The molecule has 11 heteroatoms. The van der Waals surface area contributed by atoms with Gasteiger partial charge >= 0.3 is 6.09 Å². The SMILES string of the molecule is COc1ccccc1-c1n[nH]c2ncc(-c3ccc(NC(=O)OCc4cnccn4)c(C(=O)N(C)C)c3)cc12. The number of amides is 2. The van der Waals surface area contributed by atoms with Gasteiger partial charge in [-0.25, -0.2) is 9.78 Å². The van der Waals surface area contributed by atoms with Crippen LogP contribution in [0, 0.1) is 0 Å². The largest absolute Gasteiger partial charge is 0.496 e. The fourth-order valence-corrected chi connectivity index (χ4v) is 4.05. The van der Waals surface area contributed by atoms with Crippen molar-refractivity contribution in [2.45, 2.75) is 6.61 Å². The zero-order valence-electron chi connectivity index (χ0n) is 21.5. The molecule has 0 aliphatic heterocycles. The maximum atomic E-state index is 13.1. The Morgan fingerprint density at radius 3 is 2.62 bits per heavy atom. The number of anilines is 1. The van der Waals surface area contributed by atoms with Crippen molar-refractivity contribution in [2.75, 3.05) is 26.5 Å². The molecule has 2 N–H and O–H groups in total. The molecular formula is C28H25N7O4. The summed E-state index contributed by atoms with van der Waals surface area (Å²) in [6.45, 7) is -0.0559. The summed E-state index contributed by atoms with van der Waals surface area (Å²) in [5.41, 5.74) is 4.76. The highest BCUT2D eigenvalue weighted by Gasteiger charge is 2.19. The number of H-pyrrole nitrogens is 1. The molecule has 0 bridgehead atoms. The van der Waals surface area contributed by atoms with E-state index in [0.29, 0.717) is 34.0 Å². The zero-order valence-corrected chi connectivity index (χ0v) is 21.5. The molecule has 0 spiro atoms. The van der Waals surface area contributed by atoms with E-state index in [1.54, 1.807) is 45.6 Å². The number of pyridine rings is 1. The first-order valence-electron chi connectivity index (χ1n) is 12.0. The van der Waals surface area contributed by atoms with Crippen LogP contribution >= 0.6 is 0 Å². The van der Waals surface area contributed by atoms with Crippen molar-refractivity contribution in [3.05, 3.63) is 84.6 Å². The number of fused-ring (bicyclic) bond motifs is 1. The lowest BCUT2D eigenvalue weighted by Gasteiger charge is -2.16. The van der Waals surface area contributed by atoms with Crippen LogP contribution < -0.4 is 10.1 Å². The van der Waals surface area contributed by atoms with E-state index in [1.165, 1.54) is 23.5 Å².